The molecule has 108 valence electrons. The van der Waals surface area contributed by atoms with Crippen LogP contribution < -0.4 is 5.32 Å². The van der Waals surface area contributed by atoms with Crippen LogP contribution in [0, 0.1) is 0 Å². The number of aryl methyl sites for hydroxylation is 2. The molecule has 4 heteroatoms. The van der Waals surface area contributed by atoms with Crippen molar-refractivity contribution in [3.63, 3.8) is 0 Å². The normalized spacial score (nSPS) is 12.5. The summed E-state index contributed by atoms with van der Waals surface area (Å²) in [6.45, 7) is 6.17. The lowest BCUT2D eigenvalue weighted by Gasteiger charge is -2.14. The predicted molar refractivity (Wildman–Crippen MR) is 81.4 cm³/mol. The maximum absolute atomic E-state index is 4.18. The second-order valence-electron chi connectivity index (χ2n) is 5.25. The van der Waals surface area contributed by atoms with E-state index in [1.807, 2.05) is 6.33 Å². The Hall–Kier alpha value is -1.68. The van der Waals surface area contributed by atoms with E-state index in [0.717, 1.165) is 38.2 Å². The molecule has 0 fully saturated rings. The van der Waals surface area contributed by atoms with Crippen LogP contribution in [0.5, 0.6) is 0 Å². The van der Waals surface area contributed by atoms with E-state index >= 15 is 0 Å². The van der Waals surface area contributed by atoms with E-state index in [9.17, 15) is 0 Å². The first kappa shape index (κ1) is 14.7. The first-order chi connectivity index (χ1) is 9.79. The minimum atomic E-state index is 0.474. The highest BCUT2D eigenvalue weighted by atomic mass is 15.3. The van der Waals surface area contributed by atoms with Gasteiger partial charge in [0.15, 0.2) is 0 Å². The highest BCUT2D eigenvalue weighted by Crippen LogP contribution is 2.05. The molecule has 0 amide bonds. The van der Waals surface area contributed by atoms with E-state index in [4.69, 9.17) is 0 Å². The van der Waals surface area contributed by atoms with Crippen molar-refractivity contribution in [2.75, 3.05) is 0 Å². The number of hydrogen-bond acceptors (Lipinski definition) is 3. The SMILES string of the molecule is CCCn1cnnc1CN[C@@H](C)CCc1ccccc1. The second kappa shape index (κ2) is 7.80. The van der Waals surface area contributed by atoms with Gasteiger partial charge in [-0.15, -0.1) is 10.2 Å². The fourth-order valence-corrected chi connectivity index (χ4v) is 2.24. The number of nitrogens with zero attached hydrogens (tertiary/aromatic N) is 3. The van der Waals surface area contributed by atoms with Crippen molar-refractivity contribution in [1.82, 2.24) is 20.1 Å². The number of benzene rings is 1. The van der Waals surface area contributed by atoms with E-state index in [2.05, 4.69) is 64.3 Å². The van der Waals surface area contributed by atoms with Crippen LogP contribution in [0.4, 0.5) is 0 Å². The molecule has 1 N–H and O–H groups in total. The quantitative estimate of drug-likeness (QED) is 0.803. The van der Waals surface area contributed by atoms with Gasteiger partial charge in [0.2, 0.25) is 0 Å². The summed E-state index contributed by atoms with van der Waals surface area (Å²) < 4.78 is 2.12. The van der Waals surface area contributed by atoms with Gasteiger partial charge in [-0.3, -0.25) is 0 Å². The average Bonchev–Trinajstić information content (AvgIpc) is 2.92. The third-order valence-corrected chi connectivity index (χ3v) is 3.48. The summed E-state index contributed by atoms with van der Waals surface area (Å²) >= 11 is 0. The Bertz CT molecular complexity index is 492. The zero-order valence-electron chi connectivity index (χ0n) is 12.4. The molecule has 0 radical (unpaired) electrons. The Labute approximate surface area is 121 Å². The molecule has 0 unspecified atom stereocenters. The van der Waals surface area contributed by atoms with Crippen molar-refractivity contribution >= 4 is 0 Å². The van der Waals surface area contributed by atoms with Gasteiger partial charge < -0.3 is 9.88 Å². The zero-order chi connectivity index (χ0) is 14.2. The second-order valence-corrected chi connectivity index (χ2v) is 5.25. The van der Waals surface area contributed by atoms with Gasteiger partial charge in [0.1, 0.15) is 12.2 Å². The molecule has 0 spiro atoms. The first-order valence-electron chi connectivity index (χ1n) is 7.43. The Morgan fingerprint density at radius 1 is 1.25 bits per heavy atom. The maximum Gasteiger partial charge on any atom is 0.146 e. The van der Waals surface area contributed by atoms with Crippen LogP contribution in [0.15, 0.2) is 36.7 Å². The number of aromatic nitrogens is 3. The molecule has 0 saturated carbocycles. The van der Waals surface area contributed by atoms with Gasteiger partial charge in [-0.2, -0.15) is 0 Å². The summed E-state index contributed by atoms with van der Waals surface area (Å²) in [6.07, 6.45) is 5.16. The van der Waals surface area contributed by atoms with Crippen molar-refractivity contribution in [1.29, 1.82) is 0 Å². The van der Waals surface area contributed by atoms with Crippen LogP contribution in [0.3, 0.4) is 0 Å². The average molecular weight is 272 g/mol. The minimum absolute atomic E-state index is 0.474. The summed E-state index contributed by atoms with van der Waals surface area (Å²) in [5, 5.41) is 11.7. The van der Waals surface area contributed by atoms with Crippen molar-refractivity contribution in [3.05, 3.63) is 48.0 Å². The molecular formula is C16H24N4. The molecule has 1 aromatic heterocycles. The van der Waals surface area contributed by atoms with E-state index in [0.29, 0.717) is 6.04 Å². The molecule has 20 heavy (non-hydrogen) atoms. The highest BCUT2D eigenvalue weighted by molar-refractivity contribution is 5.14. The summed E-state index contributed by atoms with van der Waals surface area (Å²) in [5.41, 5.74) is 1.40. The number of hydrogen-bond donors (Lipinski definition) is 1. The number of nitrogens with one attached hydrogen (secondary N) is 1. The fourth-order valence-electron chi connectivity index (χ4n) is 2.24. The highest BCUT2D eigenvalue weighted by Gasteiger charge is 2.06. The molecule has 0 aliphatic rings. The lowest BCUT2D eigenvalue weighted by molar-refractivity contribution is 0.490. The van der Waals surface area contributed by atoms with E-state index in [-0.39, 0.29) is 0 Å². The standard InChI is InChI=1S/C16H24N4/c1-3-11-20-13-18-19-16(20)12-17-14(2)9-10-15-7-5-4-6-8-15/h4-8,13-14,17H,3,9-12H2,1-2H3/t14-/m0/s1. The van der Waals surface area contributed by atoms with E-state index < -0.39 is 0 Å². The molecule has 0 saturated heterocycles. The number of rotatable bonds is 8. The smallest absolute Gasteiger partial charge is 0.146 e. The van der Waals surface area contributed by atoms with Crippen molar-refractivity contribution in [3.8, 4) is 0 Å². The molecular weight excluding hydrogens is 248 g/mol. The van der Waals surface area contributed by atoms with Crippen LogP contribution in [-0.2, 0) is 19.5 Å². The van der Waals surface area contributed by atoms with Crippen molar-refractivity contribution in [2.45, 2.75) is 52.2 Å². The lowest BCUT2D eigenvalue weighted by Crippen LogP contribution is -2.27. The summed E-state index contributed by atoms with van der Waals surface area (Å²) in [7, 11) is 0. The van der Waals surface area contributed by atoms with Gasteiger partial charge in [-0.1, -0.05) is 37.3 Å². The van der Waals surface area contributed by atoms with E-state index in [1.165, 1.54) is 5.56 Å². The molecule has 4 nitrogen and oxygen atoms in total. The molecule has 1 heterocycles. The molecule has 2 aromatic rings. The van der Waals surface area contributed by atoms with Crippen LogP contribution >= 0.6 is 0 Å². The summed E-state index contributed by atoms with van der Waals surface area (Å²) in [4.78, 5) is 0. The first-order valence-corrected chi connectivity index (χ1v) is 7.43. The maximum atomic E-state index is 4.18. The van der Waals surface area contributed by atoms with Crippen LogP contribution in [-0.4, -0.2) is 20.8 Å². The molecule has 1 atom stereocenters. The van der Waals surface area contributed by atoms with Gasteiger partial charge in [0.05, 0.1) is 6.54 Å². The molecule has 2 rings (SSSR count). The molecule has 0 aliphatic heterocycles. The third kappa shape index (κ3) is 4.46. The zero-order valence-corrected chi connectivity index (χ0v) is 12.4. The van der Waals surface area contributed by atoms with Gasteiger partial charge in [0, 0.05) is 12.6 Å². The van der Waals surface area contributed by atoms with Crippen molar-refractivity contribution in [2.24, 2.45) is 0 Å². The largest absolute Gasteiger partial charge is 0.317 e. The van der Waals surface area contributed by atoms with Crippen LogP contribution in [0.1, 0.15) is 38.1 Å². The van der Waals surface area contributed by atoms with Gasteiger partial charge in [-0.05, 0) is 31.7 Å². The summed E-state index contributed by atoms with van der Waals surface area (Å²) in [6, 6.07) is 11.1. The lowest BCUT2D eigenvalue weighted by atomic mass is 10.1. The van der Waals surface area contributed by atoms with Crippen LogP contribution in [0.25, 0.3) is 0 Å². The van der Waals surface area contributed by atoms with Gasteiger partial charge in [-0.25, -0.2) is 0 Å². The van der Waals surface area contributed by atoms with Crippen LogP contribution in [0.2, 0.25) is 0 Å². The topological polar surface area (TPSA) is 42.7 Å². The Morgan fingerprint density at radius 3 is 2.80 bits per heavy atom. The van der Waals surface area contributed by atoms with Gasteiger partial charge >= 0.3 is 0 Å². The minimum Gasteiger partial charge on any atom is -0.317 e. The molecule has 0 bridgehead atoms. The Kier molecular flexibility index (Phi) is 5.74. The molecule has 1 aromatic carbocycles. The summed E-state index contributed by atoms with van der Waals surface area (Å²) in [5.74, 6) is 1.03. The third-order valence-electron chi connectivity index (χ3n) is 3.48. The van der Waals surface area contributed by atoms with Gasteiger partial charge in [0.25, 0.3) is 0 Å². The fraction of sp³-hybridized carbons (Fsp3) is 0.500. The van der Waals surface area contributed by atoms with Crippen molar-refractivity contribution < 1.29 is 0 Å². The predicted octanol–water partition coefficient (Wildman–Crippen LogP) is 2.80. The monoisotopic (exact) mass is 272 g/mol. The molecule has 0 aliphatic carbocycles. The van der Waals surface area contributed by atoms with E-state index in [1.54, 1.807) is 0 Å². The Balaban J connectivity index is 1.74. The Morgan fingerprint density at radius 2 is 2.05 bits per heavy atom.